The summed E-state index contributed by atoms with van der Waals surface area (Å²) in [5.41, 5.74) is 0.635. The van der Waals surface area contributed by atoms with Crippen LogP contribution in [0.25, 0.3) is 11.0 Å². The fourth-order valence-electron chi connectivity index (χ4n) is 2.81. The quantitative estimate of drug-likeness (QED) is 0.260. The van der Waals surface area contributed by atoms with Gasteiger partial charge in [-0.2, -0.15) is 0 Å². The number of para-hydroxylation sites is 1. The molecule has 0 fully saturated rings. The minimum absolute atomic E-state index is 0. The van der Waals surface area contributed by atoms with Crippen molar-refractivity contribution in [2.75, 3.05) is 0 Å². The molecule has 0 aliphatic carbocycles. The molecule has 4 nitrogen and oxygen atoms in total. The number of Topliss-reactive ketones (excluding diaryl/α,β-unsaturated/α-hetero) is 1. The molecule has 0 saturated carbocycles. The number of rotatable bonds is 4. The van der Waals surface area contributed by atoms with Crippen LogP contribution in [-0.4, -0.2) is 10.9 Å². The molecule has 2 aromatic carbocycles. The first-order chi connectivity index (χ1) is 11.1. The second kappa shape index (κ2) is 32.0. The average molecular weight is 548 g/mol. The van der Waals surface area contributed by atoms with Gasteiger partial charge in [0.15, 0.2) is 0 Å². The van der Waals surface area contributed by atoms with E-state index in [-0.39, 0.29) is 333 Å². The Morgan fingerprint density at radius 3 is 1.76 bits per heavy atom. The summed E-state index contributed by atoms with van der Waals surface area (Å²) in [5, 5.41) is 11.1. The van der Waals surface area contributed by atoms with E-state index >= 15 is 0 Å². The second-order valence-corrected chi connectivity index (χ2v) is 5.52. The first-order valence-corrected chi connectivity index (χ1v) is 7.37. The van der Waals surface area contributed by atoms with E-state index in [2.05, 4.69) is 0 Å². The number of benzene rings is 2. The predicted octanol–water partition coefficient (Wildman–Crippen LogP) is -25.2. The molecule has 1 heterocycles. The molecule has 0 saturated heterocycles. The number of hydrogen-bond acceptors (Lipinski definition) is 4. The number of fused-ring (bicyclic) bond motifs is 1. The van der Waals surface area contributed by atoms with Gasteiger partial charge in [-0.05, 0) is 24.6 Å². The van der Waals surface area contributed by atoms with Crippen LogP contribution in [0.15, 0.2) is 63.8 Å². The SMILES string of the molecule is CC(=O)CC(c1ccccc1)c1c(O)c2ccccc2oc1=O.[H-].[H-].[H-].[H-].[H-].[H-].[H-].[H-].[H-].[H-].[Na+].[Na+].[Na+].[Na+].[Na+].[Na+].[Na+].[Na+].[Na+].[Na+]. The second-order valence-electron chi connectivity index (χ2n) is 5.52. The molecule has 0 aliphatic heterocycles. The van der Waals surface area contributed by atoms with Gasteiger partial charge in [0.25, 0.3) is 0 Å². The molecule has 1 aromatic heterocycles. The Hall–Kier alpha value is 7.12. The zero-order chi connectivity index (χ0) is 16.4. The van der Waals surface area contributed by atoms with Gasteiger partial charge in [0, 0.05) is 12.3 Å². The molecule has 0 bridgehead atoms. The van der Waals surface area contributed by atoms with Crippen molar-refractivity contribution in [2.24, 2.45) is 0 Å². The minimum atomic E-state index is -0.615. The number of aromatic hydroxyl groups is 1. The van der Waals surface area contributed by atoms with Crippen LogP contribution in [0.2, 0.25) is 0 Å². The van der Waals surface area contributed by atoms with Crippen LogP contribution in [0.1, 0.15) is 44.7 Å². The van der Waals surface area contributed by atoms with Crippen LogP contribution < -0.4 is 301 Å². The van der Waals surface area contributed by atoms with Crippen LogP contribution >= 0.6 is 0 Å². The molecule has 0 spiro atoms. The summed E-state index contributed by atoms with van der Waals surface area (Å²) in [6.45, 7) is 1.47. The van der Waals surface area contributed by atoms with Crippen LogP contribution in [-0.2, 0) is 4.79 Å². The number of ketones is 1. The van der Waals surface area contributed by atoms with Crippen LogP contribution in [0.3, 0.4) is 0 Å². The normalized spacial score (nSPS) is 8.52. The van der Waals surface area contributed by atoms with E-state index in [4.69, 9.17) is 4.42 Å². The predicted molar refractivity (Wildman–Crippen MR) is 98.9 cm³/mol. The van der Waals surface area contributed by atoms with Crippen molar-refractivity contribution in [3.63, 3.8) is 0 Å². The zero-order valence-corrected chi connectivity index (χ0v) is 42.7. The molecule has 1 unspecified atom stereocenters. The van der Waals surface area contributed by atoms with Crippen molar-refractivity contribution in [1.29, 1.82) is 0 Å². The molecule has 136 valence electrons. The number of hydrogen-bond donors (Lipinski definition) is 1. The van der Waals surface area contributed by atoms with Gasteiger partial charge in [-0.15, -0.1) is 0 Å². The van der Waals surface area contributed by atoms with Gasteiger partial charge in [-0.25, -0.2) is 4.79 Å². The van der Waals surface area contributed by atoms with Crippen molar-refractivity contribution in [3.8, 4) is 5.75 Å². The van der Waals surface area contributed by atoms with Gasteiger partial charge in [0.1, 0.15) is 17.1 Å². The maximum Gasteiger partial charge on any atom is 1.00 e. The summed E-state index contributed by atoms with van der Waals surface area (Å²) in [7, 11) is 0. The van der Waals surface area contributed by atoms with Crippen molar-refractivity contribution in [1.82, 2.24) is 0 Å². The first kappa shape index (κ1) is 59.5. The maximum absolute atomic E-state index is 12.4. The molecular weight excluding hydrogens is 522 g/mol. The fraction of sp³-hybridized carbons (Fsp3) is 0.158. The summed E-state index contributed by atoms with van der Waals surface area (Å²) in [4.78, 5) is 24.1. The molecular formula is C19H26Na10O4. The Balaban J connectivity index is -0.0000000195. The van der Waals surface area contributed by atoms with Crippen molar-refractivity contribution in [2.45, 2.75) is 19.3 Å². The van der Waals surface area contributed by atoms with E-state index in [1.807, 2.05) is 30.3 Å². The van der Waals surface area contributed by atoms with Crippen LogP contribution in [0.4, 0.5) is 0 Å². The molecule has 14 heteroatoms. The van der Waals surface area contributed by atoms with Gasteiger partial charge >= 0.3 is 301 Å². The van der Waals surface area contributed by atoms with Crippen molar-refractivity contribution < 1.29 is 324 Å². The van der Waals surface area contributed by atoms with E-state index < -0.39 is 11.5 Å². The first-order valence-electron chi connectivity index (χ1n) is 7.37. The molecule has 0 aliphatic rings. The van der Waals surface area contributed by atoms with Crippen LogP contribution in [0, 0.1) is 0 Å². The standard InChI is InChI=1S/C19H16O4.10Na.10H/c1-12(20)11-15(13-7-3-2-4-8-13)17-18(21)14-9-5-6-10-16(14)23-19(17)22;;;;;;;;;;;;;;;;;;;;/h2-10,15,21H,11H2,1H3;;;;;;;;;;;;;;;;;;;;/q;10*+1;10*-1. The molecule has 33 heavy (non-hydrogen) atoms. The van der Waals surface area contributed by atoms with E-state index in [1.165, 1.54) is 6.92 Å². The van der Waals surface area contributed by atoms with Gasteiger partial charge in [-0.1, -0.05) is 42.5 Å². The zero-order valence-electron chi connectivity index (χ0n) is 32.7. The topological polar surface area (TPSA) is 67.5 Å². The Bertz CT molecular complexity index is 972. The molecule has 3 rings (SSSR count). The molecule has 1 N–H and O–H groups in total. The molecule has 1 atom stereocenters. The number of carbonyl (C=O) groups is 1. The van der Waals surface area contributed by atoms with E-state index in [1.54, 1.807) is 24.3 Å². The Morgan fingerprint density at radius 1 is 0.818 bits per heavy atom. The van der Waals surface area contributed by atoms with Crippen LogP contribution in [0.5, 0.6) is 5.75 Å². The summed E-state index contributed by atoms with van der Waals surface area (Å²) in [5.74, 6) is -0.715. The van der Waals surface area contributed by atoms with Gasteiger partial charge in [0.05, 0.1) is 10.9 Å². The van der Waals surface area contributed by atoms with Gasteiger partial charge in [0.2, 0.25) is 0 Å². The third-order valence-electron chi connectivity index (χ3n) is 3.86. The molecule has 3 aromatic rings. The van der Waals surface area contributed by atoms with E-state index in [0.29, 0.717) is 11.0 Å². The molecule has 0 amide bonds. The molecule has 0 radical (unpaired) electrons. The van der Waals surface area contributed by atoms with E-state index in [9.17, 15) is 14.7 Å². The Kier molecular flexibility index (Phi) is 57.8. The summed E-state index contributed by atoms with van der Waals surface area (Å²) >= 11 is 0. The maximum atomic E-state index is 12.4. The summed E-state index contributed by atoms with van der Waals surface area (Å²) in [6.07, 6.45) is 0.126. The Labute approximate surface area is 432 Å². The monoisotopic (exact) mass is 548 g/mol. The van der Waals surface area contributed by atoms with E-state index in [0.717, 1.165) is 5.56 Å². The Morgan fingerprint density at radius 2 is 1.27 bits per heavy atom. The third-order valence-corrected chi connectivity index (χ3v) is 3.86. The van der Waals surface area contributed by atoms with Gasteiger partial charge in [-0.3, -0.25) is 4.79 Å². The fourth-order valence-corrected chi connectivity index (χ4v) is 2.81. The third kappa shape index (κ3) is 18.4. The average Bonchev–Trinajstić information content (AvgIpc) is 2.54. The summed E-state index contributed by atoms with van der Waals surface area (Å²) in [6, 6.07) is 16.0. The van der Waals surface area contributed by atoms with Crippen molar-refractivity contribution in [3.05, 3.63) is 76.1 Å². The van der Waals surface area contributed by atoms with Gasteiger partial charge < -0.3 is 23.8 Å². The number of carbonyl (C=O) groups excluding carboxylic acids is 1. The smallest absolute Gasteiger partial charge is 1.00 e. The van der Waals surface area contributed by atoms with Crippen molar-refractivity contribution >= 4 is 16.8 Å². The summed E-state index contributed by atoms with van der Waals surface area (Å²) < 4.78 is 5.33. The minimum Gasteiger partial charge on any atom is -1.00 e. The largest absolute Gasteiger partial charge is 1.00 e.